The molecule has 1 aromatic carbocycles. The topological polar surface area (TPSA) is 82.1 Å². The number of nitrogens with zero attached hydrogens (tertiary/aromatic N) is 5. The molecule has 7 nitrogen and oxygen atoms in total. The monoisotopic (exact) mass is 332 g/mol. The Morgan fingerprint density at radius 3 is 2.87 bits per heavy atom. The van der Waals surface area contributed by atoms with E-state index in [2.05, 4.69) is 15.1 Å². The molecule has 0 aliphatic rings. The second-order valence-corrected chi connectivity index (χ2v) is 5.66. The molecule has 0 fully saturated rings. The molecule has 0 spiro atoms. The number of fused-ring (bicyclic) bond motifs is 1. The smallest absolute Gasteiger partial charge is 0.229 e. The number of aromatic nitrogens is 4. The highest BCUT2D eigenvalue weighted by Gasteiger charge is 2.14. The number of nitrogen functional groups attached to an aromatic ring is 1. The molecule has 0 aliphatic carbocycles. The Hall–Kier alpha value is -2.54. The molecular formula is C15H17ClN6O. The van der Waals surface area contributed by atoms with Crippen LogP contribution in [0.3, 0.4) is 0 Å². The lowest BCUT2D eigenvalue weighted by molar-refractivity contribution is 0.409. The van der Waals surface area contributed by atoms with Crippen molar-refractivity contribution in [2.75, 3.05) is 24.8 Å². The summed E-state index contributed by atoms with van der Waals surface area (Å²) in [6.07, 6.45) is 1.66. The average molecular weight is 333 g/mol. The van der Waals surface area contributed by atoms with E-state index in [-0.39, 0.29) is 0 Å². The van der Waals surface area contributed by atoms with Gasteiger partial charge in [0.05, 0.1) is 18.7 Å². The fourth-order valence-electron chi connectivity index (χ4n) is 2.40. The summed E-state index contributed by atoms with van der Waals surface area (Å²) >= 11 is 6.08. The minimum Gasteiger partial charge on any atom is -0.496 e. The van der Waals surface area contributed by atoms with E-state index in [9.17, 15) is 0 Å². The van der Waals surface area contributed by atoms with Crippen molar-refractivity contribution in [3.63, 3.8) is 0 Å². The number of methoxy groups -OCH3 is 1. The normalized spacial score (nSPS) is 11.0. The molecule has 8 heteroatoms. The van der Waals surface area contributed by atoms with Crippen LogP contribution in [0, 0.1) is 0 Å². The number of hydrogen-bond donors (Lipinski definition) is 1. The van der Waals surface area contributed by atoms with Crippen LogP contribution in [0.5, 0.6) is 5.75 Å². The minimum atomic E-state index is 0.406. The van der Waals surface area contributed by atoms with Gasteiger partial charge in [-0.3, -0.25) is 4.68 Å². The van der Waals surface area contributed by atoms with Gasteiger partial charge in [-0.25, -0.2) is 0 Å². The predicted molar refractivity (Wildman–Crippen MR) is 90.8 cm³/mol. The Labute approximate surface area is 138 Å². The number of aryl methyl sites for hydroxylation is 1. The summed E-state index contributed by atoms with van der Waals surface area (Å²) < 4.78 is 7.04. The maximum Gasteiger partial charge on any atom is 0.229 e. The second kappa shape index (κ2) is 5.92. The highest BCUT2D eigenvalue weighted by Crippen LogP contribution is 2.26. The van der Waals surface area contributed by atoms with Crippen LogP contribution in [-0.2, 0) is 13.6 Å². The molecule has 3 rings (SSSR count). The van der Waals surface area contributed by atoms with Crippen LogP contribution >= 0.6 is 11.6 Å². The van der Waals surface area contributed by atoms with Crippen molar-refractivity contribution in [3.8, 4) is 5.75 Å². The summed E-state index contributed by atoms with van der Waals surface area (Å²) in [4.78, 5) is 10.8. The van der Waals surface area contributed by atoms with Crippen LogP contribution in [-0.4, -0.2) is 33.9 Å². The Balaban J connectivity index is 1.96. The van der Waals surface area contributed by atoms with Crippen LogP contribution in [0.4, 0.5) is 11.8 Å². The van der Waals surface area contributed by atoms with Gasteiger partial charge in [-0.1, -0.05) is 11.6 Å². The number of rotatable bonds is 4. The van der Waals surface area contributed by atoms with Gasteiger partial charge in [0.2, 0.25) is 5.95 Å². The average Bonchev–Trinajstić information content (AvgIpc) is 2.89. The van der Waals surface area contributed by atoms with Crippen molar-refractivity contribution in [2.24, 2.45) is 7.05 Å². The zero-order chi connectivity index (χ0) is 16.6. The number of anilines is 2. The number of ether oxygens (including phenoxy) is 1. The van der Waals surface area contributed by atoms with Gasteiger partial charge in [-0.15, -0.1) is 0 Å². The zero-order valence-electron chi connectivity index (χ0n) is 13.1. The molecule has 0 saturated heterocycles. The van der Waals surface area contributed by atoms with E-state index < -0.39 is 0 Å². The summed E-state index contributed by atoms with van der Waals surface area (Å²) in [6, 6.07) is 5.49. The van der Waals surface area contributed by atoms with Crippen molar-refractivity contribution in [1.29, 1.82) is 0 Å². The number of hydrogen-bond acceptors (Lipinski definition) is 6. The SMILES string of the molecule is COc1ccc(Cl)cc1CN(C)c1nc(N)c2cnn(C)c2n1. The number of halogens is 1. The van der Waals surface area contributed by atoms with Gasteiger partial charge in [0.25, 0.3) is 0 Å². The minimum absolute atomic E-state index is 0.406. The van der Waals surface area contributed by atoms with Crippen molar-refractivity contribution >= 4 is 34.4 Å². The Morgan fingerprint density at radius 1 is 1.35 bits per heavy atom. The molecule has 0 aliphatic heterocycles. The largest absolute Gasteiger partial charge is 0.496 e. The fourth-order valence-corrected chi connectivity index (χ4v) is 2.59. The van der Waals surface area contributed by atoms with Crippen molar-refractivity contribution in [1.82, 2.24) is 19.7 Å². The molecule has 0 unspecified atom stereocenters. The van der Waals surface area contributed by atoms with Gasteiger partial charge in [-0.2, -0.15) is 15.1 Å². The highest BCUT2D eigenvalue weighted by atomic mass is 35.5. The van der Waals surface area contributed by atoms with E-state index >= 15 is 0 Å². The molecule has 0 amide bonds. The summed E-state index contributed by atoms with van der Waals surface area (Å²) in [5.74, 6) is 1.68. The Morgan fingerprint density at radius 2 is 2.13 bits per heavy atom. The number of nitrogens with two attached hydrogens (primary N) is 1. The van der Waals surface area contributed by atoms with Gasteiger partial charge < -0.3 is 15.4 Å². The maximum absolute atomic E-state index is 6.08. The molecular weight excluding hydrogens is 316 g/mol. The van der Waals surface area contributed by atoms with Gasteiger partial charge in [0, 0.05) is 31.2 Å². The van der Waals surface area contributed by atoms with Crippen LogP contribution in [0.2, 0.25) is 5.02 Å². The summed E-state index contributed by atoms with van der Waals surface area (Å²) in [5.41, 5.74) is 7.64. The highest BCUT2D eigenvalue weighted by molar-refractivity contribution is 6.30. The molecule has 0 atom stereocenters. The summed E-state index contributed by atoms with van der Waals surface area (Å²) in [7, 11) is 5.33. The molecule has 2 N–H and O–H groups in total. The van der Waals surface area contributed by atoms with E-state index in [0.717, 1.165) is 16.7 Å². The molecule has 23 heavy (non-hydrogen) atoms. The molecule has 3 aromatic rings. The van der Waals surface area contributed by atoms with Crippen molar-refractivity contribution in [3.05, 3.63) is 35.0 Å². The Bertz CT molecular complexity index is 863. The van der Waals surface area contributed by atoms with Gasteiger partial charge in [-0.05, 0) is 18.2 Å². The third-order valence-corrected chi connectivity index (χ3v) is 3.84. The van der Waals surface area contributed by atoms with Crippen LogP contribution in [0.15, 0.2) is 24.4 Å². The van der Waals surface area contributed by atoms with Gasteiger partial charge in [0.15, 0.2) is 5.65 Å². The summed E-state index contributed by atoms with van der Waals surface area (Å²) in [6.45, 7) is 0.534. The van der Waals surface area contributed by atoms with Crippen molar-refractivity contribution < 1.29 is 4.74 Å². The molecule has 2 aromatic heterocycles. The van der Waals surface area contributed by atoms with Crippen LogP contribution in [0.25, 0.3) is 11.0 Å². The first-order valence-electron chi connectivity index (χ1n) is 6.98. The molecule has 0 radical (unpaired) electrons. The summed E-state index contributed by atoms with van der Waals surface area (Å²) in [5, 5.41) is 5.55. The first-order chi connectivity index (χ1) is 11.0. The number of benzene rings is 1. The first kappa shape index (κ1) is 15.4. The van der Waals surface area contributed by atoms with Gasteiger partial charge >= 0.3 is 0 Å². The van der Waals surface area contributed by atoms with Crippen molar-refractivity contribution in [2.45, 2.75) is 6.54 Å². The van der Waals surface area contributed by atoms with Gasteiger partial charge in [0.1, 0.15) is 11.6 Å². The molecule has 2 heterocycles. The zero-order valence-corrected chi connectivity index (χ0v) is 13.9. The lowest BCUT2D eigenvalue weighted by Gasteiger charge is -2.19. The third kappa shape index (κ3) is 2.87. The van der Waals surface area contributed by atoms with E-state index in [1.54, 1.807) is 24.1 Å². The standard InChI is InChI=1S/C15H17ClN6O/c1-21(8-9-6-10(16)4-5-12(9)23-3)15-19-13(17)11-7-18-22(2)14(11)20-15/h4-7H,8H2,1-3H3,(H2,17,19,20). The quantitative estimate of drug-likeness (QED) is 0.789. The predicted octanol–water partition coefficient (Wildman–Crippen LogP) is 2.24. The Kier molecular flexibility index (Phi) is 3.96. The van der Waals surface area contributed by atoms with E-state index in [4.69, 9.17) is 22.1 Å². The van der Waals surface area contributed by atoms with Crippen LogP contribution < -0.4 is 15.4 Å². The maximum atomic E-state index is 6.08. The first-order valence-corrected chi connectivity index (χ1v) is 7.36. The molecule has 0 saturated carbocycles. The third-order valence-electron chi connectivity index (χ3n) is 3.60. The molecule has 0 bridgehead atoms. The second-order valence-electron chi connectivity index (χ2n) is 5.23. The lowest BCUT2D eigenvalue weighted by Crippen LogP contribution is -2.20. The molecule has 120 valence electrons. The van der Waals surface area contributed by atoms with E-state index in [1.165, 1.54) is 0 Å². The van der Waals surface area contributed by atoms with Crippen LogP contribution in [0.1, 0.15) is 5.56 Å². The fraction of sp³-hybridized carbons (Fsp3) is 0.267. The van der Waals surface area contributed by atoms with E-state index in [1.807, 2.05) is 31.1 Å². The van der Waals surface area contributed by atoms with E-state index in [0.29, 0.717) is 29.0 Å². The lowest BCUT2D eigenvalue weighted by atomic mass is 10.2.